The molecule has 2 N–H and O–H groups in total. The van der Waals surface area contributed by atoms with Crippen molar-refractivity contribution in [1.82, 2.24) is 15.5 Å². The molecule has 0 bridgehead atoms. The molecule has 30 heavy (non-hydrogen) atoms. The monoisotopic (exact) mass is 428 g/mol. The second-order valence-electron chi connectivity index (χ2n) is 7.38. The van der Waals surface area contributed by atoms with E-state index in [1.807, 2.05) is 48.2 Å². The normalized spacial score (nSPS) is 15.2. The Morgan fingerprint density at radius 2 is 1.90 bits per heavy atom. The molecule has 0 spiro atoms. The van der Waals surface area contributed by atoms with Crippen LogP contribution >= 0.6 is 11.6 Å². The Balaban J connectivity index is 1.49. The quantitative estimate of drug-likeness (QED) is 0.498. The van der Waals surface area contributed by atoms with Crippen molar-refractivity contribution in [2.45, 2.75) is 39.0 Å². The first-order chi connectivity index (χ1) is 14.5. The summed E-state index contributed by atoms with van der Waals surface area (Å²) in [5.41, 5.74) is 2.32. The van der Waals surface area contributed by atoms with Gasteiger partial charge in [-0.05, 0) is 48.7 Å². The summed E-state index contributed by atoms with van der Waals surface area (Å²) in [6.45, 7) is 4.73. The molecule has 7 heteroatoms. The number of rotatable bonds is 8. The number of ether oxygens (including phenoxy) is 1. The van der Waals surface area contributed by atoms with Crippen molar-refractivity contribution in [3.63, 3.8) is 0 Å². The number of benzene rings is 2. The topological polar surface area (TPSA) is 66.0 Å². The van der Waals surface area contributed by atoms with Crippen LogP contribution in [0.5, 0.6) is 5.75 Å². The predicted octanol–water partition coefficient (Wildman–Crippen LogP) is 3.59. The van der Waals surface area contributed by atoms with Gasteiger partial charge in [0.05, 0.1) is 6.54 Å². The highest BCUT2D eigenvalue weighted by Crippen LogP contribution is 2.18. The number of hydrogen-bond donors (Lipinski definition) is 2. The highest BCUT2D eigenvalue weighted by atomic mass is 35.5. The zero-order chi connectivity index (χ0) is 21.3. The maximum absolute atomic E-state index is 12.0. The summed E-state index contributed by atoms with van der Waals surface area (Å²) < 4.78 is 5.89. The van der Waals surface area contributed by atoms with Gasteiger partial charge in [0, 0.05) is 38.1 Å². The van der Waals surface area contributed by atoms with Crippen molar-refractivity contribution in [3.05, 3.63) is 64.7 Å². The molecule has 1 atom stereocenters. The molecule has 1 amide bonds. The Kier molecular flexibility index (Phi) is 7.97. The van der Waals surface area contributed by atoms with Crippen LogP contribution in [0.3, 0.4) is 0 Å². The Hall–Kier alpha value is -2.73. The minimum Gasteiger partial charge on any atom is -0.489 e. The van der Waals surface area contributed by atoms with E-state index in [0.29, 0.717) is 37.0 Å². The number of halogens is 1. The van der Waals surface area contributed by atoms with Crippen LogP contribution in [0, 0.1) is 0 Å². The predicted molar refractivity (Wildman–Crippen MR) is 121 cm³/mol. The second kappa shape index (κ2) is 10.9. The number of likely N-dealkylation sites (tertiary alicyclic amines) is 1. The molecular formula is C23H29ClN4O2. The summed E-state index contributed by atoms with van der Waals surface area (Å²) in [5, 5.41) is 7.33. The van der Waals surface area contributed by atoms with E-state index in [1.54, 1.807) is 7.05 Å². The summed E-state index contributed by atoms with van der Waals surface area (Å²) in [6, 6.07) is 15.5. The van der Waals surface area contributed by atoms with Crippen LogP contribution in [0.4, 0.5) is 0 Å². The van der Waals surface area contributed by atoms with Crippen molar-refractivity contribution < 1.29 is 9.53 Å². The van der Waals surface area contributed by atoms with Gasteiger partial charge in [-0.2, -0.15) is 0 Å². The van der Waals surface area contributed by atoms with Crippen LogP contribution < -0.4 is 15.4 Å². The van der Waals surface area contributed by atoms with Gasteiger partial charge in [0.25, 0.3) is 0 Å². The van der Waals surface area contributed by atoms with E-state index >= 15 is 0 Å². The maximum atomic E-state index is 12.0. The Morgan fingerprint density at radius 1 is 1.17 bits per heavy atom. The minimum absolute atomic E-state index is 0.0433. The summed E-state index contributed by atoms with van der Waals surface area (Å²) >= 11 is 5.91. The summed E-state index contributed by atoms with van der Waals surface area (Å²) in [7, 11) is 1.74. The number of amides is 1. The molecule has 0 aromatic heterocycles. The third-order valence-electron chi connectivity index (χ3n) is 5.03. The van der Waals surface area contributed by atoms with E-state index in [9.17, 15) is 4.79 Å². The van der Waals surface area contributed by atoms with Crippen molar-refractivity contribution in [2.75, 3.05) is 20.1 Å². The zero-order valence-corrected chi connectivity index (χ0v) is 18.3. The third kappa shape index (κ3) is 6.39. The number of hydrogen-bond acceptors (Lipinski definition) is 3. The fourth-order valence-corrected chi connectivity index (χ4v) is 3.51. The van der Waals surface area contributed by atoms with E-state index in [1.165, 1.54) is 0 Å². The first-order valence-electron chi connectivity index (χ1n) is 10.3. The van der Waals surface area contributed by atoms with Crippen molar-refractivity contribution in [3.8, 4) is 5.75 Å². The SMILES string of the molecule is CN=C(NCc1ccccc1CN1CCCC1=O)NCC(C)Oc1ccc(Cl)cc1. The van der Waals surface area contributed by atoms with Crippen LogP contribution in [0.2, 0.25) is 5.02 Å². The number of guanidine groups is 1. The van der Waals surface area contributed by atoms with Crippen LogP contribution in [-0.2, 0) is 17.9 Å². The molecule has 2 aromatic carbocycles. The van der Waals surface area contributed by atoms with Gasteiger partial charge in [0.2, 0.25) is 5.91 Å². The van der Waals surface area contributed by atoms with Gasteiger partial charge in [0.15, 0.2) is 5.96 Å². The van der Waals surface area contributed by atoms with Gasteiger partial charge in [-0.1, -0.05) is 35.9 Å². The highest BCUT2D eigenvalue weighted by molar-refractivity contribution is 6.30. The lowest BCUT2D eigenvalue weighted by atomic mass is 10.1. The van der Waals surface area contributed by atoms with Crippen LogP contribution in [-0.4, -0.2) is 43.0 Å². The first-order valence-corrected chi connectivity index (χ1v) is 10.6. The van der Waals surface area contributed by atoms with Crippen LogP contribution in [0.25, 0.3) is 0 Å². The van der Waals surface area contributed by atoms with Gasteiger partial charge in [-0.15, -0.1) is 0 Å². The summed E-state index contributed by atoms with van der Waals surface area (Å²) in [6.07, 6.45) is 1.57. The van der Waals surface area contributed by atoms with E-state index in [-0.39, 0.29) is 12.0 Å². The van der Waals surface area contributed by atoms with E-state index < -0.39 is 0 Å². The van der Waals surface area contributed by atoms with Crippen molar-refractivity contribution in [1.29, 1.82) is 0 Å². The third-order valence-corrected chi connectivity index (χ3v) is 5.28. The fourth-order valence-electron chi connectivity index (χ4n) is 3.39. The standard InChI is InChI=1S/C23H29ClN4O2/c1-17(30-21-11-9-20(24)10-12-21)14-26-23(25-2)27-15-18-6-3-4-7-19(18)16-28-13-5-8-22(28)29/h3-4,6-7,9-12,17H,5,8,13-16H2,1-2H3,(H2,25,26,27). The second-order valence-corrected chi connectivity index (χ2v) is 7.81. The van der Waals surface area contributed by atoms with E-state index in [2.05, 4.69) is 27.8 Å². The number of nitrogens with one attached hydrogen (secondary N) is 2. The molecule has 1 fully saturated rings. The molecule has 1 unspecified atom stereocenters. The Labute approximate surface area is 183 Å². The van der Waals surface area contributed by atoms with Crippen LogP contribution in [0.1, 0.15) is 30.9 Å². The van der Waals surface area contributed by atoms with E-state index in [4.69, 9.17) is 16.3 Å². The first kappa shape index (κ1) is 22.0. The lowest BCUT2D eigenvalue weighted by molar-refractivity contribution is -0.128. The van der Waals surface area contributed by atoms with Crippen molar-refractivity contribution >= 4 is 23.5 Å². The average Bonchev–Trinajstić information content (AvgIpc) is 3.15. The van der Waals surface area contributed by atoms with Gasteiger partial charge in [-0.25, -0.2) is 0 Å². The number of nitrogens with zero attached hydrogens (tertiary/aromatic N) is 2. The van der Waals surface area contributed by atoms with Crippen LogP contribution in [0.15, 0.2) is 53.5 Å². The maximum Gasteiger partial charge on any atom is 0.222 e. The molecule has 1 aliphatic rings. The molecule has 0 aliphatic carbocycles. The molecule has 0 saturated carbocycles. The molecule has 1 heterocycles. The molecule has 1 aliphatic heterocycles. The zero-order valence-electron chi connectivity index (χ0n) is 17.5. The Bertz CT molecular complexity index is 870. The number of carbonyl (C=O) groups is 1. The lowest BCUT2D eigenvalue weighted by Crippen LogP contribution is -2.41. The molecule has 6 nitrogen and oxygen atoms in total. The molecule has 3 rings (SSSR count). The largest absolute Gasteiger partial charge is 0.489 e. The average molecular weight is 429 g/mol. The van der Waals surface area contributed by atoms with Gasteiger partial charge in [0.1, 0.15) is 11.9 Å². The molecule has 1 saturated heterocycles. The summed E-state index contributed by atoms with van der Waals surface area (Å²) in [5.74, 6) is 1.72. The fraction of sp³-hybridized carbons (Fsp3) is 0.391. The van der Waals surface area contributed by atoms with E-state index in [0.717, 1.165) is 29.8 Å². The Morgan fingerprint density at radius 3 is 2.57 bits per heavy atom. The van der Waals surface area contributed by atoms with Gasteiger partial charge < -0.3 is 20.3 Å². The van der Waals surface area contributed by atoms with Gasteiger partial charge >= 0.3 is 0 Å². The minimum atomic E-state index is -0.0433. The number of carbonyl (C=O) groups excluding carboxylic acids is 1. The summed E-state index contributed by atoms with van der Waals surface area (Å²) in [4.78, 5) is 18.2. The highest BCUT2D eigenvalue weighted by Gasteiger charge is 2.20. The molecule has 0 radical (unpaired) electrons. The lowest BCUT2D eigenvalue weighted by Gasteiger charge is -2.20. The van der Waals surface area contributed by atoms with Gasteiger partial charge in [-0.3, -0.25) is 9.79 Å². The number of aliphatic imine (C=N–C) groups is 1. The molecule has 2 aromatic rings. The van der Waals surface area contributed by atoms with Crippen molar-refractivity contribution in [2.24, 2.45) is 4.99 Å². The molecule has 160 valence electrons. The smallest absolute Gasteiger partial charge is 0.222 e. The molecular weight excluding hydrogens is 400 g/mol.